The smallest absolute Gasteiger partial charge is 0.309 e. The molecular formula is C16H20FN3O6S. The quantitative estimate of drug-likeness (QED) is 0.526. The van der Waals surface area contributed by atoms with E-state index >= 15 is 0 Å². The van der Waals surface area contributed by atoms with Crippen molar-refractivity contribution in [2.24, 2.45) is 5.92 Å². The molecule has 9 nitrogen and oxygen atoms in total. The Bertz CT molecular complexity index is 804. The van der Waals surface area contributed by atoms with Crippen LogP contribution in [0.1, 0.15) is 19.8 Å². The molecule has 1 aliphatic heterocycles. The van der Waals surface area contributed by atoms with Crippen LogP contribution >= 0.6 is 0 Å². The number of rotatable bonds is 5. The molecule has 1 aromatic rings. The molecule has 148 valence electrons. The van der Waals surface area contributed by atoms with Gasteiger partial charge in [-0.1, -0.05) is 0 Å². The number of nitrogens with zero attached hydrogens (tertiary/aromatic N) is 1. The van der Waals surface area contributed by atoms with Gasteiger partial charge in [0.2, 0.25) is 15.9 Å². The fourth-order valence-electron chi connectivity index (χ4n) is 2.54. The van der Waals surface area contributed by atoms with Gasteiger partial charge in [-0.05, 0) is 37.1 Å². The summed E-state index contributed by atoms with van der Waals surface area (Å²) in [6.07, 6.45) is 0.485. The van der Waals surface area contributed by atoms with Gasteiger partial charge in [0.15, 0.2) is 6.61 Å². The maximum atomic E-state index is 13.0. The second-order valence-corrected chi connectivity index (χ2v) is 7.91. The lowest BCUT2D eigenvalue weighted by atomic mass is 9.98. The number of halogens is 1. The number of sulfonamides is 1. The highest BCUT2D eigenvalue weighted by molar-refractivity contribution is 7.89. The monoisotopic (exact) mass is 401 g/mol. The topological polar surface area (TPSA) is 122 Å². The number of benzene rings is 1. The summed E-state index contributed by atoms with van der Waals surface area (Å²) in [5, 5.41) is 0. The van der Waals surface area contributed by atoms with Crippen LogP contribution in [0.3, 0.4) is 0 Å². The van der Waals surface area contributed by atoms with Crippen molar-refractivity contribution in [3.63, 3.8) is 0 Å². The molecule has 0 atom stereocenters. The summed E-state index contributed by atoms with van der Waals surface area (Å²) >= 11 is 0. The van der Waals surface area contributed by atoms with Crippen LogP contribution in [0.4, 0.5) is 4.39 Å². The number of nitrogens with one attached hydrogen (secondary N) is 2. The Morgan fingerprint density at radius 2 is 1.74 bits per heavy atom. The lowest BCUT2D eigenvalue weighted by Gasteiger charge is -2.30. The van der Waals surface area contributed by atoms with Gasteiger partial charge in [-0.15, -0.1) is 0 Å². The van der Waals surface area contributed by atoms with Crippen molar-refractivity contribution >= 4 is 27.8 Å². The first kappa shape index (κ1) is 20.8. The van der Waals surface area contributed by atoms with E-state index in [-0.39, 0.29) is 30.8 Å². The van der Waals surface area contributed by atoms with Gasteiger partial charge in [0.1, 0.15) is 5.82 Å². The minimum Gasteiger partial charge on any atom is -0.455 e. The molecule has 11 heteroatoms. The molecule has 2 rings (SSSR count). The van der Waals surface area contributed by atoms with E-state index in [0.717, 1.165) is 12.1 Å². The van der Waals surface area contributed by atoms with E-state index < -0.39 is 46.1 Å². The number of esters is 1. The third-order valence-corrected chi connectivity index (χ3v) is 5.88. The molecule has 1 aliphatic rings. The molecule has 0 radical (unpaired) electrons. The Labute approximate surface area is 155 Å². The van der Waals surface area contributed by atoms with Crippen LogP contribution in [0.25, 0.3) is 0 Å². The predicted octanol–water partition coefficient (Wildman–Crippen LogP) is -0.0631. The van der Waals surface area contributed by atoms with Crippen molar-refractivity contribution in [2.75, 3.05) is 19.7 Å². The van der Waals surface area contributed by atoms with Gasteiger partial charge in [-0.3, -0.25) is 25.2 Å². The summed E-state index contributed by atoms with van der Waals surface area (Å²) in [5.74, 6) is -2.82. The molecule has 1 fully saturated rings. The van der Waals surface area contributed by atoms with Crippen LogP contribution in [-0.2, 0) is 29.1 Å². The minimum absolute atomic E-state index is 0.0143. The van der Waals surface area contributed by atoms with Gasteiger partial charge in [0.25, 0.3) is 5.91 Å². The van der Waals surface area contributed by atoms with Gasteiger partial charge >= 0.3 is 5.97 Å². The Morgan fingerprint density at radius 3 is 2.30 bits per heavy atom. The number of hydrogen-bond acceptors (Lipinski definition) is 6. The van der Waals surface area contributed by atoms with Crippen molar-refractivity contribution in [2.45, 2.75) is 24.7 Å². The average Bonchev–Trinajstić information content (AvgIpc) is 2.64. The van der Waals surface area contributed by atoms with Gasteiger partial charge in [0, 0.05) is 20.0 Å². The van der Waals surface area contributed by atoms with Crippen molar-refractivity contribution in [1.29, 1.82) is 0 Å². The zero-order chi connectivity index (χ0) is 20.0. The second-order valence-electron chi connectivity index (χ2n) is 5.97. The molecule has 0 aliphatic carbocycles. The molecule has 2 N–H and O–H groups in total. The van der Waals surface area contributed by atoms with Crippen LogP contribution in [0.2, 0.25) is 0 Å². The summed E-state index contributed by atoms with van der Waals surface area (Å²) in [6, 6.07) is 4.53. The first-order chi connectivity index (χ1) is 12.7. The standard InChI is InChI=1S/C16H20FN3O6S/c1-11(21)18-19-15(22)10-26-16(23)12-6-8-20(9-7-12)27(24,25)14-4-2-13(17)3-5-14/h2-5,12H,6-10H2,1H3,(H,18,21)(H,19,22). The van der Waals surface area contributed by atoms with Gasteiger partial charge < -0.3 is 4.74 Å². The number of amides is 2. The van der Waals surface area contributed by atoms with Crippen LogP contribution in [0.5, 0.6) is 0 Å². The van der Waals surface area contributed by atoms with Crippen molar-refractivity contribution in [1.82, 2.24) is 15.2 Å². The Balaban J connectivity index is 1.83. The van der Waals surface area contributed by atoms with Crippen LogP contribution in [0, 0.1) is 11.7 Å². The molecule has 0 bridgehead atoms. The zero-order valence-corrected chi connectivity index (χ0v) is 15.4. The van der Waals surface area contributed by atoms with E-state index in [0.29, 0.717) is 0 Å². The number of carbonyl (C=O) groups excluding carboxylic acids is 3. The summed E-state index contributed by atoms with van der Waals surface area (Å²) in [4.78, 5) is 34.0. The molecule has 0 aromatic heterocycles. The first-order valence-corrected chi connectivity index (χ1v) is 9.62. The summed E-state index contributed by atoms with van der Waals surface area (Å²) < 4.78 is 44.1. The minimum atomic E-state index is -3.76. The van der Waals surface area contributed by atoms with Crippen molar-refractivity contribution in [3.8, 4) is 0 Å². The zero-order valence-electron chi connectivity index (χ0n) is 14.6. The third kappa shape index (κ3) is 5.73. The Kier molecular flexibility index (Phi) is 6.86. The largest absolute Gasteiger partial charge is 0.455 e. The van der Waals surface area contributed by atoms with Crippen molar-refractivity contribution < 1.29 is 31.9 Å². The van der Waals surface area contributed by atoms with Crippen LogP contribution in [-0.4, -0.2) is 50.2 Å². The highest BCUT2D eigenvalue weighted by Gasteiger charge is 2.33. The molecule has 0 saturated carbocycles. The molecule has 1 aromatic carbocycles. The van der Waals surface area contributed by atoms with Gasteiger partial charge in [-0.25, -0.2) is 12.8 Å². The van der Waals surface area contributed by atoms with Gasteiger partial charge in [-0.2, -0.15) is 4.31 Å². The van der Waals surface area contributed by atoms with E-state index in [9.17, 15) is 27.2 Å². The van der Waals surface area contributed by atoms with E-state index in [4.69, 9.17) is 4.74 Å². The van der Waals surface area contributed by atoms with E-state index in [2.05, 4.69) is 10.9 Å². The highest BCUT2D eigenvalue weighted by Crippen LogP contribution is 2.24. The Morgan fingerprint density at radius 1 is 1.15 bits per heavy atom. The maximum absolute atomic E-state index is 13.0. The molecular weight excluding hydrogens is 381 g/mol. The summed E-state index contributed by atoms with van der Waals surface area (Å²) in [5.41, 5.74) is 4.12. The fourth-order valence-corrected chi connectivity index (χ4v) is 4.01. The summed E-state index contributed by atoms with van der Waals surface area (Å²) in [7, 11) is -3.76. The van der Waals surface area contributed by atoms with Crippen LogP contribution in [0.15, 0.2) is 29.2 Å². The summed E-state index contributed by atoms with van der Waals surface area (Å²) in [6.45, 7) is 0.877. The van der Waals surface area contributed by atoms with Crippen LogP contribution < -0.4 is 10.9 Å². The van der Waals surface area contributed by atoms with Crippen molar-refractivity contribution in [3.05, 3.63) is 30.1 Å². The molecule has 0 unspecified atom stereocenters. The van der Waals surface area contributed by atoms with E-state index in [1.54, 1.807) is 0 Å². The lowest BCUT2D eigenvalue weighted by molar-refractivity contribution is -0.154. The molecule has 27 heavy (non-hydrogen) atoms. The first-order valence-electron chi connectivity index (χ1n) is 8.18. The average molecular weight is 401 g/mol. The number of carbonyl (C=O) groups is 3. The normalized spacial score (nSPS) is 15.8. The number of hydrogen-bond donors (Lipinski definition) is 2. The molecule has 2 amide bonds. The van der Waals surface area contributed by atoms with Gasteiger partial charge in [0.05, 0.1) is 10.8 Å². The second kappa shape index (κ2) is 8.91. The predicted molar refractivity (Wildman–Crippen MR) is 90.8 cm³/mol. The fraction of sp³-hybridized carbons (Fsp3) is 0.438. The molecule has 1 heterocycles. The van der Waals surface area contributed by atoms with E-state index in [1.165, 1.54) is 23.4 Å². The number of hydrazine groups is 1. The number of ether oxygens (including phenoxy) is 1. The van der Waals surface area contributed by atoms with E-state index in [1.807, 2.05) is 0 Å². The molecule has 1 saturated heterocycles. The maximum Gasteiger partial charge on any atom is 0.309 e. The molecule has 0 spiro atoms. The third-order valence-electron chi connectivity index (χ3n) is 3.96. The Hall–Kier alpha value is -2.53. The highest BCUT2D eigenvalue weighted by atomic mass is 32.2. The SMILES string of the molecule is CC(=O)NNC(=O)COC(=O)C1CCN(S(=O)(=O)c2ccc(F)cc2)CC1. The lowest BCUT2D eigenvalue weighted by Crippen LogP contribution is -2.43. The number of piperidine rings is 1.